The summed E-state index contributed by atoms with van der Waals surface area (Å²) in [6.07, 6.45) is 9.47. The van der Waals surface area contributed by atoms with Crippen LogP contribution in [-0.2, 0) is 0 Å². The molecule has 1 saturated carbocycles. The number of benzene rings is 1. The van der Waals surface area contributed by atoms with E-state index >= 15 is 0 Å². The molecule has 4 nitrogen and oxygen atoms in total. The van der Waals surface area contributed by atoms with Crippen LogP contribution < -0.4 is 11.1 Å². The van der Waals surface area contributed by atoms with Gasteiger partial charge >= 0.3 is 0 Å². The summed E-state index contributed by atoms with van der Waals surface area (Å²) >= 11 is 0. The topological polar surface area (TPSA) is 71.2 Å². The monoisotopic (exact) mass is 285 g/mol. The van der Waals surface area contributed by atoms with E-state index < -0.39 is 0 Å². The van der Waals surface area contributed by atoms with Crippen LogP contribution in [0.25, 0.3) is 10.8 Å². The first kappa shape index (κ1) is 14.1. The molecular weight excluding hydrogens is 262 g/mol. The van der Waals surface area contributed by atoms with E-state index in [2.05, 4.69) is 10.3 Å². The third kappa shape index (κ3) is 2.81. The number of nitrogens with two attached hydrogens (primary N) is 1. The Morgan fingerprint density at radius 1 is 1.19 bits per heavy atom. The summed E-state index contributed by atoms with van der Waals surface area (Å²) in [6.45, 7) is 1.03. The first-order valence-electron chi connectivity index (χ1n) is 7.71. The second kappa shape index (κ2) is 5.90. The lowest BCUT2D eigenvalue weighted by atomic mass is 9.74. The van der Waals surface area contributed by atoms with Crippen LogP contribution in [0.4, 0.5) is 11.4 Å². The Balaban J connectivity index is 1.80. The minimum absolute atomic E-state index is 0.0118. The van der Waals surface area contributed by atoms with E-state index in [1.54, 1.807) is 6.20 Å². The molecule has 4 N–H and O–H groups in total. The number of nitrogen functional groups attached to an aromatic ring is 1. The van der Waals surface area contributed by atoms with Gasteiger partial charge in [-0.05, 0) is 25.0 Å². The average Bonchev–Trinajstić information content (AvgIpc) is 2.55. The molecular formula is C17H23N3O. The smallest absolute Gasteiger partial charge is 0.0630 e. The molecule has 1 aliphatic rings. The molecule has 4 heteroatoms. The molecule has 1 aliphatic carbocycles. The van der Waals surface area contributed by atoms with E-state index in [0.29, 0.717) is 0 Å². The van der Waals surface area contributed by atoms with Gasteiger partial charge < -0.3 is 16.2 Å². The van der Waals surface area contributed by atoms with Gasteiger partial charge in [-0.25, -0.2) is 0 Å². The van der Waals surface area contributed by atoms with Crippen LogP contribution in [0.1, 0.15) is 32.1 Å². The van der Waals surface area contributed by atoms with Crippen LogP contribution >= 0.6 is 0 Å². The van der Waals surface area contributed by atoms with Gasteiger partial charge in [-0.1, -0.05) is 25.3 Å². The number of pyridine rings is 1. The number of rotatable bonds is 4. The Kier molecular flexibility index (Phi) is 3.97. The second-order valence-electron chi connectivity index (χ2n) is 6.20. The largest absolute Gasteiger partial charge is 0.397 e. The standard InChI is InChI=1S/C17H23N3O/c18-16-14-6-9-19-10-13(14)4-5-15(16)20-11-17(12-21)7-2-1-3-8-17/h4-6,9-10,20-21H,1-3,7-8,11-12,18H2. The van der Waals surface area contributed by atoms with E-state index in [9.17, 15) is 5.11 Å². The quantitative estimate of drug-likeness (QED) is 0.755. The van der Waals surface area contributed by atoms with E-state index in [1.165, 1.54) is 19.3 Å². The van der Waals surface area contributed by atoms with Gasteiger partial charge in [0.05, 0.1) is 18.0 Å². The van der Waals surface area contributed by atoms with Crippen molar-refractivity contribution in [2.75, 3.05) is 24.2 Å². The van der Waals surface area contributed by atoms with E-state index in [-0.39, 0.29) is 12.0 Å². The fraction of sp³-hybridized carbons (Fsp3) is 0.471. The van der Waals surface area contributed by atoms with Gasteiger partial charge in [-0.15, -0.1) is 0 Å². The molecule has 0 spiro atoms. The Morgan fingerprint density at radius 3 is 2.76 bits per heavy atom. The van der Waals surface area contributed by atoms with E-state index in [4.69, 9.17) is 5.73 Å². The van der Waals surface area contributed by atoms with Crippen molar-refractivity contribution in [2.24, 2.45) is 5.41 Å². The summed E-state index contributed by atoms with van der Waals surface area (Å²) in [5.74, 6) is 0. The van der Waals surface area contributed by atoms with Crippen molar-refractivity contribution in [2.45, 2.75) is 32.1 Å². The van der Waals surface area contributed by atoms with Gasteiger partial charge in [0.1, 0.15) is 0 Å². The molecule has 1 aromatic carbocycles. The Hall–Kier alpha value is -1.81. The van der Waals surface area contributed by atoms with Gasteiger partial charge in [-0.2, -0.15) is 0 Å². The summed E-state index contributed by atoms with van der Waals surface area (Å²) in [7, 11) is 0. The number of hydrogen-bond acceptors (Lipinski definition) is 4. The Bertz CT molecular complexity index is 620. The molecule has 112 valence electrons. The molecule has 1 heterocycles. The van der Waals surface area contributed by atoms with Crippen LogP contribution in [-0.4, -0.2) is 23.2 Å². The van der Waals surface area contributed by atoms with Crippen LogP contribution in [0.15, 0.2) is 30.6 Å². The number of aliphatic hydroxyl groups is 1. The third-order valence-corrected chi connectivity index (χ3v) is 4.77. The lowest BCUT2D eigenvalue weighted by Gasteiger charge is -2.36. The number of fused-ring (bicyclic) bond motifs is 1. The number of nitrogens with zero attached hydrogens (tertiary/aromatic N) is 1. The highest BCUT2D eigenvalue weighted by atomic mass is 16.3. The van der Waals surface area contributed by atoms with Crippen molar-refractivity contribution < 1.29 is 5.11 Å². The number of aliphatic hydroxyl groups excluding tert-OH is 1. The van der Waals surface area contributed by atoms with Crippen LogP contribution in [0.3, 0.4) is 0 Å². The van der Waals surface area contributed by atoms with Crippen LogP contribution in [0, 0.1) is 5.41 Å². The molecule has 2 aromatic rings. The summed E-state index contributed by atoms with van der Waals surface area (Å²) in [4.78, 5) is 4.12. The maximum atomic E-state index is 9.78. The highest BCUT2D eigenvalue weighted by Gasteiger charge is 2.31. The van der Waals surface area contributed by atoms with Crippen molar-refractivity contribution in [3.63, 3.8) is 0 Å². The average molecular weight is 285 g/mol. The predicted molar refractivity (Wildman–Crippen MR) is 87.2 cm³/mol. The molecule has 1 aromatic heterocycles. The fourth-order valence-electron chi connectivity index (χ4n) is 3.32. The maximum Gasteiger partial charge on any atom is 0.0630 e. The van der Waals surface area contributed by atoms with Gasteiger partial charge in [0.2, 0.25) is 0 Å². The van der Waals surface area contributed by atoms with Crippen molar-refractivity contribution in [3.8, 4) is 0 Å². The van der Waals surface area contributed by atoms with Gasteiger partial charge in [-0.3, -0.25) is 4.98 Å². The third-order valence-electron chi connectivity index (χ3n) is 4.77. The minimum Gasteiger partial charge on any atom is -0.397 e. The van der Waals surface area contributed by atoms with Gasteiger partial charge in [0, 0.05) is 35.1 Å². The summed E-state index contributed by atoms with van der Waals surface area (Å²) in [5, 5.41) is 15.3. The molecule has 1 fully saturated rings. The van der Waals surface area contributed by atoms with Crippen molar-refractivity contribution in [1.29, 1.82) is 0 Å². The summed E-state index contributed by atoms with van der Waals surface area (Å²) in [6, 6.07) is 5.99. The highest BCUT2D eigenvalue weighted by molar-refractivity contribution is 5.98. The molecule has 3 rings (SSSR count). The fourth-order valence-corrected chi connectivity index (χ4v) is 3.32. The number of hydrogen-bond donors (Lipinski definition) is 3. The molecule has 0 radical (unpaired) electrons. The van der Waals surface area contributed by atoms with Crippen LogP contribution in [0.2, 0.25) is 0 Å². The SMILES string of the molecule is Nc1c(NCC2(CO)CCCCC2)ccc2cnccc12. The number of aromatic nitrogens is 1. The zero-order chi connectivity index (χ0) is 14.7. The molecule has 0 aliphatic heterocycles. The van der Waals surface area contributed by atoms with E-state index in [1.807, 2.05) is 24.4 Å². The zero-order valence-electron chi connectivity index (χ0n) is 12.3. The van der Waals surface area contributed by atoms with Crippen molar-refractivity contribution in [3.05, 3.63) is 30.6 Å². The minimum atomic E-state index is 0.0118. The molecule has 0 unspecified atom stereocenters. The van der Waals surface area contributed by atoms with E-state index in [0.717, 1.165) is 41.5 Å². The van der Waals surface area contributed by atoms with Crippen LogP contribution in [0.5, 0.6) is 0 Å². The molecule has 0 saturated heterocycles. The maximum absolute atomic E-state index is 9.78. The second-order valence-corrected chi connectivity index (χ2v) is 6.20. The van der Waals surface area contributed by atoms with Crippen molar-refractivity contribution in [1.82, 2.24) is 4.98 Å². The number of nitrogens with one attached hydrogen (secondary N) is 1. The normalized spacial score (nSPS) is 17.8. The van der Waals surface area contributed by atoms with Gasteiger partial charge in [0.25, 0.3) is 0 Å². The first-order valence-corrected chi connectivity index (χ1v) is 7.71. The summed E-state index contributed by atoms with van der Waals surface area (Å²) in [5.41, 5.74) is 7.99. The summed E-state index contributed by atoms with van der Waals surface area (Å²) < 4.78 is 0. The Morgan fingerprint density at radius 2 is 2.00 bits per heavy atom. The Labute approximate surface area is 125 Å². The van der Waals surface area contributed by atoms with Crippen molar-refractivity contribution >= 4 is 22.1 Å². The lowest BCUT2D eigenvalue weighted by Crippen LogP contribution is -2.35. The highest BCUT2D eigenvalue weighted by Crippen LogP contribution is 2.37. The van der Waals surface area contributed by atoms with Gasteiger partial charge in [0.15, 0.2) is 0 Å². The molecule has 0 amide bonds. The first-order chi connectivity index (χ1) is 10.2. The molecule has 21 heavy (non-hydrogen) atoms. The zero-order valence-corrected chi connectivity index (χ0v) is 12.3. The molecule has 0 atom stereocenters. The number of anilines is 2. The predicted octanol–water partition coefficient (Wildman–Crippen LogP) is 3.17. The molecule has 0 bridgehead atoms. The lowest BCUT2D eigenvalue weighted by molar-refractivity contribution is 0.0944.